The van der Waals surface area contributed by atoms with E-state index in [9.17, 15) is 23.6 Å². The summed E-state index contributed by atoms with van der Waals surface area (Å²) in [6.07, 6.45) is 0.737. The Morgan fingerprint density at radius 3 is 2.31 bits per heavy atom. The number of nitriles is 1. The maximum Gasteiger partial charge on any atom is 0.287 e. The maximum absolute atomic E-state index is 14.0. The molecule has 0 unspecified atom stereocenters. The van der Waals surface area contributed by atoms with E-state index in [-0.39, 0.29) is 18.6 Å². The number of carbonyl (C=O) groups is 2. The second-order valence-electron chi connectivity index (χ2n) is 10.2. The minimum absolute atomic E-state index is 0.0410. The number of amides is 2. The fourth-order valence-corrected chi connectivity index (χ4v) is 4.85. The third kappa shape index (κ3) is 4.71. The second-order valence-corrected chi connectivity index (χ2v) is 10.2. The molecule has 0 atom stereocenters. The molecule has 2 fully saturated rings. The molecular weight excluding hydrogens is 508 g/mol. The minimum atomic E-state index is -2.92. The lowest BCUT2D eigenvalue weighted by Crippen LogP contribution is -2.62. The number of benzene rings is 2. The Morgan fingerprint density at radius 1 is 0.949 bits per heavy atom. The summed E-state index contributed by atoms with van der Waals surface area (Å²) < 4.78 is 33.8. The molecule has 2 aromatic carbocycles. The Labute approximate surface area is 221 Å². The van der Waals surface area contributed by atoms with Crippen molar-refractivity contribution in [1.29, 1.82) is 5.26 Å². The topological polar surface area (TPSA) is 139 Å². The van der Waals surface area contributed by atoms with Gasteiger partial charge in [0.05, 0.1) is 11.8 Å². The molecule has 2 saturated carbocycles. The fraction of sp³-hybridized carbons (Fsp3) is 0.333. The van der Waals surface area contributed by atoms with Crippen molar-refractivity contribution in [2.75, 3.05) is 0 Å². The summed E-state index contributed by atoms with van der Waals surface area (Å²) in [6, 6.07) is 16.6. The lowest BCUT2D eigenvalue weighted by atomic mass is 9.78. The zero-order valence-corrected chi connectivity index (χ0v) is 20.7. The number of carbonyl (C=O) groups excluding carboxylic acids is 2. The molecule has 0 radical (unpaired) electrons. The van der Waals surface area contributed by atoms with Crippen molar-refractivity contribution in [3.05, 3.63) is 60.6 Å². The average Bonchev–Trinajstić information content (AvgIpc) is 3.30. The van der Waals surface area contributed by atoms with Crippen LogP contribution in [-0.2, 0) is 4.79 Å². The third-order valence-corrected chi connectivity index (χ3v) is 7.46. The van der Waals surface area contributed by atoms with Crippen LogP contribution in [0.1, 0.15) is 49.1 Å². The number of rotatable bonds is 6. The lowest BCUT2D eigenvalue weighted by Gasteiger charge is -2.39. The van der Waals surface area contributed by atoms with Gasteiger partial charge in [-0.25, -0.2) is 8.78 Å². The van der Waals surface area contributed by atoms with E-state index in [1.165, 1.54) is 11.1 Å². The summed E-state index contributed by atoms with van der Waals surface area (Å²) in [7, 11) is 0. The van der Waals surface area contributed by atoms with Crippen molar-refractivity contribution < 1.29 is 22.8 Å². The van der Waals surface area contributed by atoms with Crippen LogP contribution in [0.3, 0.4) is 0 Å². The van der Waals surface area contributed by atoms with Crippen molar-refractivity contribution >= 4 is 22.8 Å². The van der Waals surface area contributed by atoms with Crippen LogP contribution < -0.4 is 10.6 Å². The van der Waals surface area contributed by atoms with Crippen LogP contribution in [0.5, 0.6) is 0 Å². The fourth-order valence-electron chi connectivity index (χ4n) is 4.85. The number of aromatic nitrogens is 4. The van der Waals surface area contributed by atoms with Gasteiger partial charge >= 0.3 is 0 Å². The third-order valence-electron chi connectivity index (χ3n) is 7.46. The van der Waals surface area contributed by atoms with E-state index in [0.717, 1.165) is 16.8 Å². The van der Waals surface area contributed by atoms with Gasteiger partial charge < -0.3 is 15.1 Å². The van der Waals surface area contributed by atoms with Gasteiger partial charge in [0.25, 0.3) is 5.91 Å². The zero-order valence-electron chi connectivity index (χ0n) is 20.7. The summed E-state index contributed by atoms with van der Waals surface area (Å²) in [6.45, 7) is 0. The molecular formula is C27H23F2N7O3. The Bertz CT molecular complexity index is 1590. The van der Waals surface area contributed by atoms with Crippen molar-refractivity contribution in [3.63, 3.8) is 0 Å². The van der Waals surface area contributed by atoms with E-state index in [1.807, 2.05) is 36.4 Å². The summed E-state index contributed by atoms with van der Waals surface area (Å²) >= 11 is 0. The first kappa shape index (κ1) is 24.7. The highest BCUT2D eigenvalue weighted by molar-refractivity contribution is 6.00. The summed E-state index contributed by atoms with van der Waals surface area (Å²) in [4.78, 5) is 27.9. The molecule has 39 heavy (non-hydrogen) atoms. The van der Waals surface area contributed by atoms with Gasteiger partial charge in [0, 0.05) is 18.2 Å². The van der Waals surface area contributed by atoms with Crippen molar-refractivity contribution in [2.24, 2.45) is 0 Å². The van der Waals surface area contributed by atoms with Gasteiger partial charge in [0.1, 0.15) is 16.7 Å². The maximum atomic E-state index is 14.0. The van der Waals surface area contributed by atoms with Crippen LogP contribution in [0, 0.1) is 11.3 Å². The molecule has 2 amide bonds. The lowest BCUT2D eigenvalue weighted by molar-refractivity contribution is -0.133. The molecule has 10 nitrogen and oxygen atoms in total. The summed E-state index contributed by atoms with van der Waals surface area (Å²) in [5.74, 6) is -4.26. The van der Waals surface area contributed by atoms with E-state index < -0.39 is 41.7 Å². The van der Waals surface area contributed by atoms with Crippen molar-refractivity contribution in [2.45, 2.75) is 55.5 Å². The van der Waals surface area contributed by atoms with Gasteiger partial charge in [-0.2, -0.15) is 5.26 Å². The van der Waals surface area contributed by atoms with Crippen LogP contribution in [-0.4, -0.2) is 49.0 Å². The molecule has 4 aromatic rings. The smallest absolute Gasteiger partial charge is 0.287 e. The first-order chi connectivity index (χ1) is 18.7. The number of halogens is 2. The molecule has 0 saturated heterocycles. The monoisotopic (exact) mass is 531 g/mol. The molecule has 12 heteroatoms. The summed E-state index contributed by atoms with van der Waals surface area (Å²) in [5, 5.41) is 27.0. The van der Waals surface area contributed by atoms with Crippen molar-refractivity contribution in [3.8, 4) is 22.9 Å². The van der Waals surface area contributed by atoms with Gasteiger partial charge in [-0.1, -0.05) is 24.3 Å². The Morgan fingerprint density at radius 2 is 1.67 bits per heavy atom. The number of hydrogen-bond donors (Lipinski definition) is 2. The zero-order chi connectivity index (χ0) is 27.3. The number of furan rings is 1. The second kappa shape index (κ2) is 8.97. The normalized spacial score (nSPS) is 18.7. The number of tetrazole rings is 1. The highest BCUT2D eigenvalue weighted by atomic mass is 19.3. The van der Waals surface area contributed by atoms with Crippen LogP contribution in [0.4, 0.5) is 8.78 Å². The van der Waals surface area contributed by atoms with Gasteiger partial charge in [0.2, 0.25) is 11.8 Å². The highest BCUT2D eigenvalue weighted by Crippen LogP contribution is 2.41. The molecule has 2 aliphatic carbocycles. The van der Waals surface area contributed by atoms with Gasteiger partial charge in [-0.3, -0.25) is 9.59 Å². The Hall–Kier alpha value is -4.66. The molecule has 2 N–H and O–H groups in total. The first-order valence-corrected chi connectivity index (χ1v) is 12.5. The largest absolute Gasteiger partial charge is 0.451 e. The van der Waals surface area contributed by atoms with Crippen LogP contribution >= 0.6 is 0 Å². The van der Waals surface area contributed by atoms with Crippen molar-refractivity contribution in [1.82, 2.24) is 30.8 Å². The van der Waals surface area contributed by atoms with E-state index in [1.54, 1.807) is 12.1 Å². The molecule has 0 aliphatic heterocycles. The van der Waals surface area contributed by atoms with Gasteiger partial charge in [-0.15, -0.1) is 15.0 Å². The molecule has 0 spiro atoms. The number of fused-ring (bicyclic) bond motifs is 1. The molecule has 2 heterocycles. The molecule has 2 aliphatic rings. The highest BCUT2D eigenvalue weighted by Gasteiger charge is 2.53. The van der Waals surface area contributed by atoms with E-state index >= 15 is 0 Å². The molecule has 6 rings (SSSR count). The number of alkyl halides is 2. The molecule has 0 bridgehead atoms. The quantitative estimate of drug-likeness (QED) is 0.384. The molecule has 2 aromatic heterocycles. The number of nitrogens with one attached hydrogen (secondary N) is 2. The standard InChI is InChI=1S/C27H23F2N7O3/c28-27(29)11-9-26(10-12-27,24(38)34-25(15-30)7-8-25)33-23(37)22-14-19-2-1-18(13-21(19)39-22)17-3-5-20(6-4-17)36-32-16-31-35-36/h1-6,13-14,16H,7-12H2,(H,33,37)(H,34,38). The average molecular weight is 532 g/mol. The predicted octanol–water partition coefficient (Wildman–Crippen LogP) is 3.93. The van der Waals surface area contributed by atoms with E-state index in [2.05, 4.69) is 32.1 Å². The minimum Gasteiger partial charge on any atom is -0.451 e. The predicted molar refractivity (Wildman–Crippen MR) is 134 cm³/mol. The van der Waals surface area contributed by atoms with E-state index in [4.69, 9.17) is 4.42 Å². The van der Waals surface area contributed by atoms with Crippen LogP contribution in [0.15, 0.2) is 59.3 Å². The van der Waals surface area contributed by atoms with Gasteiger partial charge in [0.15, 0.2) is 12.1 Å². The van der Waals surface area contributed by atoms with Gasteiger partial charge in [-0.05, 0) is 66.3 Å². The van der Waals surface area contributed by atoms with Crippen LogP contribution in [0.2, 0.25) is 0 Å². The molecule has 198 valence electrons. The summed E-state index contributed by atoms with van der Waals surface area (Å²) in [5.41, 5.74) is 0.390. The number of nitrogens with zero attached hydrogens (tertiary/aromatic N) is 5. The van der Waals surface area contributed by atoms with Crippen LogP contribution in [0.25, 0.3) is 27.8 Å². The SMILES string of the molecule is N#CC1(NC(=O)C2(NC(=O)c3cc4ccc(-c5ccc(-n6ncnn6)cc5)cc4o3)CCC(F)(F)CC2)CC1. The Kier molecular flexibility index (Phi) is 5.67. The first-order valence-electron chi connectivity index (χ1n) is 12.5. The Balaban J connectivity index is 1.23. The number of hydrogen-bond acceptors (Lipinski definition) is 7. The van der Waals surface area contributed by atoms with E-state index in [0.29, 0.717) is 23.8 Å².